The van der Waals surface area contributed by atoms with Crippen LogP contribution >= 0.6 is 0 Å². The van der Waals surface area contributed by atoms with Crippen molar-refractivity contribution in [1.29, 1.82) is 0 Å². The minimum Gasteiger partial charge on any atom is -0.279 e. The fraction of sp³-hybridized carbons (Fsp3) is 0.407. The second kappa shape index (κ2) is 18.4. The van der Waals surface area contributed by atoms with Crippen LogP contribution in [0.25, 0.3) is 0 Å². The molecule has 0 bridgehead atoms. The molecule has 0 saturated heterocycles. The Hall–Kier alpha value is -6.55. The van der Waals surface area contributed by atoms with Crippen LogP contribution in [0.3, 0.4) is 0 Å². The van der Waals surface area contributed by atoms with E-state index in [1.807, 2.05) is 47.0 Å². The van der Waals surface area contributed by atoms with E-state index in [4.69, 9.17) is 34.9 Å². The Labute approximate surface area is 412 Å². The van der Waals surface area contributed by atoms with Crippen molar-refractivity contribution in [3.63, 3.8) is 0 Å². The van der Waals surface area contributed by atoms with E-state index in [0.29, 0.717) is 46.5 Å². The molecule has 0 radical (unpaired) electrons. The van der Waals surface area contributed by atoms with Crippen LogP contribution in [-0.4, -0.2) is 34.9 Å². The summed E-state index contributed by atoms with van der Waals surface area (Å²) in [5, 5.41) is 0. The van der Waals surface area contributed by atoms with Crippen molar-refractivity contribution in [3.05, 3.63) is 155 Å². The molecule has 0 aliphatic rings. The average Bonchev–Trinajstić information content (AvgIpc) is 3.26. The Bertz CT molecular complexity index is 2330. The largest absolute Gasteiger partial charge is 0.279 e. The SMILES string of the molecule is CC(C)(C)c1ccc(N(c2cc(N(c3ccc(C(C)(C)C)cn3)c3ccc(C(C)(C)C)cn3)nc(N(c3ccc(C(C)(C)C)cn3)c3ccc(C(C)(C)C)cn3)c2)c2ccc(C(C)(C)C)cn2)nc1. The first kappa shape index (κ1) is 50.3. The third-order valence-corrected chi connectivity index (χ3v) is 12.6. The van der Waals surface area contributed by atoms with Crippen molar-refractivity contribution in [2.24, 2.45) is 0 Å². The molecule has 10 nitrogen and oxygen atoms in total. The predicted octanol–water partition coefficient (Wildman–Crippen LogP) is 15.6. The number of aromatic nitrogens is 7. The van der Waals surface area contributed by atoms with Gasteiger partial charge in [0.05, 0.1) is 5.69 Å². The van der Waals surface area contributed by atoms with E-state index in [9.17, 15) is 0 Å². The lowest BCUT2D eigenvalue weighted by atomic mass is 9.88. The van der Waals surface area contributed by atoms with Gasteiger partial charge in [-0.2, -0.15) is 0 Å². The molecule has 69 heavy (non-hydrogen) atoms. The standard InChI is InChI=1S/C59H74N10/c1-54(2,3)39-19-25-46(60-33-39)67(47-26-20-40(34-61-47)55(4,5)6)45-31-52(68(48-27-21-41(35-62-48)56(7,8)9)49-28-22-42(36-63-49)57(10,11)12)66-53(32-45)69(50-29-23-43(37-64-50)58(13,14)15)51-30-24-44(38-65-51)59(16,17)18/h19-38H,1-18H3. The number of rotatable bonds is 9. The van der Waals surface area contributed by atoms with Crippen molar-refractivity contribution in [2.45, 2.75) is 157 Å². The summed E-state index contributed by atoms with van der Waals surface area (Å²) >= 11 is 0. The van der Waals surface area contributed by atoms with Crippen molar-refractivity contribution in [2.75, 3.05) is 14.7 Å². The van der Waals surface area contributed by atoms with Crippen LogP contribution in [0.1, 0.15) is 158 Å². The van der Waals surface area contributed by atoms with Crippen LogP contribution in [0.5, 0.6) is 0 Å². The van der Waals surface area contributed by atoms with Gasteiger partial charge in [-0.05, 0) is 102 Å². The molecule has 0 amide bonds. The lowest BCUT2D eigenvalue weighted by molar-refractivity contribution is 0.587. The van der Waals surface area contributed by atoms with Crippen molar-refractivity contribution >= 4 is 52.2 Å². The summed E-state index contributed by atoms with van der Waals surface area (Å²) < 4.78 is 0. The minimum atomic E-state index is -0.106. The summed E-state index contributed by atoms with van der Waals surface area (Å²) in [6.07, 6.45) is 11.8. The molecular weight excluding hydrogens is 849 g/mol. The first-order chi connectivity index (χ1) is 32.0. The molecular formula is C59H74N10. The van der Waals surface area contributed by atoms with Gasteiger partial charge < -0.3 is 0 Å². The van der Waals surface area contributed by atoms with E-state index in [-0.39, 0.29) is 32.5 Å². The van der Waals surface area contributed by atoms with E-state index in [2.05, 4.69) is 214 Å². The summed E-state index contributed by atoms with van der Waals surface area (Å²) in [5.41, 5.74) is 6.85. The highest BCUT2D eigenvalue weighted by molar-refractivity contribution is 5.83. The second-order valence-corrected chi connectivity index (χ2v) is 24.5. The summed E-state index contributed by atoms with van der Waals surface area (Å²) in [5.74, 6) is 5.17. The van der Waals surface area contributed by atoms with Crippen LogP contribution in [0.2, 0.25) is 0 Å². The minimum absolute atomic E-state index is 0.100. The van der Waals surface area contributed by atoms with Gasteiger partial charge in [-0.1, -0.05) is 161 Å². The Balaban J connectivity index is 1.58. The fourth-order valence-electron chi connectivity index (χ4n) is 7.70. The maximum Gasteiger partial charge on any atom is 0.144 e. The molecule has 0 saturated carbocycles. The number of hydrogen-bond acceptors (Lipinski definition) is 10. The Kier molecular flexibility index (Phi) is 13.4. The van der Waals surface area contributed by atoms with Gasteiger partial charge in [-0.3, -0.25) is 14.7 Å². The first-order valence-corrected chi connectivity index (χ1v) is 24.2. The lowest BCUT2D eigenvalue weighted by Gasteiger charge is -2.31. The fourth-order valence-corrected chi connectivity index (χ4v) is 7.70. The second-order valence-electron chi connectivity index (χ2n) is 24.5. The molecule has 0 fully saturated rings. The van der Waals surface area contributed by atoms with Crippen LogP contribution < -0.4 is 14.7 Å². The van der Waals surface area contributed by atoms with Gasteiger partial charge in [0.25, 0.3) is 0 Å². The van der Waals surface area contributed by atoms with Gasteiger partial charge >= 0.3 is 0 Å². The summed E-state index contributed by atoms with van der Waals surface area (Å²) in [7, 11) is 0. The third-order valence-electron chi connectivity index (χ3n) is 12.6. The number of hydrogen-bond donors (Lipinski definition) is 0. The van der Waals surface area contributed by atoms with E-state index >= 15 is 0 Å². The maximum absolute atomic E-state index is 5.61. The molecule has 0 N–H and O–H groups in total. The average molecular weight is 923 g/mol. The highest BCUT2D eigenvalue weighted by Crippen LogP contribution is 2.44. The Morgan fingerprint density at radius 3 is 0.594 bits per heavy atom. The lowest BCUT2D eigenvalue weighted by Crippen LogP contribution is -2.22. The van der Waals surface area contributed by atoms with Crippen molar-refractivity contribution < 1.29 is 0 Å². The number of nitrogens with zero attached hydrogens (tertiary/aromatic N) is 10. The van der Waals surface area contributed by atoms with Crippen LogP contribution in [0.4, 0.5) is 52.2 Å². The molecule has 0 aliphatic heterocycles. The Morgan fingerprint density at radius 1 is 0.246 bits per heavy atom. The molecule has 0 atom stereocenters. The zero-order valence-electron chi connectivity index (χ0n) is 44.5. The first-order valence-electron chi connectivity index (χ1n) is 24.2. The third kappa shape index (κ3) is 11.5. The highest BCUT2D eigenvalue weighted by Gasteiger charge is 2.29. The molecule has 7 heterocycles. The van der Waals surface area contributed by atoms with Gasteiger partial charge in [-0.25, -0.2) is 34.9 Å². The van der Waals surface area contributed by atoms with Gasteiger partial charge in [0, 0.05) is 49.3 Å². The van der Waals surface area contributed by atoms with E-state index < -0.39 is 0 Å². The molecule has 7 aromatic heterocycles. The molecule has 7 aromatic rings. The zero-order chi connectivity index (χ0) is 50.5. The highest BCUT2D eigenvalue weighted by atomic mass is 15.3. The van der Waals surface area contributed by atoms with Crippen molar-refractivity contribution in [1.82, 2.24) is 34.9 Å². The molecule has 7 rings (SSSR count). The van der Waals surface area contributed by atoms with E-state index in [1.54, 1.807) is 0 Å². The normalized spacial score (nSPS) is 12.8. The smallest absolute Gasteiger partial charge is 0.144 e. The molecule has 10 heteroatoms. The van der Waals surface area contributed by atoms with Crippen LogP contribution in [0, 0.1) is 0 Å². The summed E-state index contributed by atoms with van der Waals surface area (Å²) in [4.78, 5) is 42.7. The predicted molar refractivity (Wildman–Crippen MR) is 287 cm³/mol. The monoisotopic (exact) mass is 923 g/mol. The molecule has 360 valence electrons. The van der Waals surface area contributed by atoms with Gasteiger partial charge in [0.1, 0.15) is 46.5 Å². The molecule has 0 aromatic carbocycles. The maximum atomic E-state index is 5.61. The molecule has 0 unspecified atom stereocenters. The van der Waals surface area contributed by atoms with Gasteiger partial charge in [0.15, 0.2) is 0 Å². The van der Waals surface area contributed by atoms with Crippen molar-refractivity contribution in [3.8, 4) is 0 Å². The Morgan fingerprint density at radius 2 is 0.435 bits per heavy atom. The van der Waals surface area contributed by atoms with Crippen LogP contribution in [0.15, 0.2) is 122 Å². The quantitative estimate of drug-likeness (QED) is 0.139. The zero-order valence-corrected chi connectivity index (χ0v) is 44.5. The van der Waals surface area contributed by atoms with Gasteiger partial charge in [-0.15, -0.1) is 0 Å². The van der Waals surface area contributed by atoms with E-state index in [0.717, 1.165) is 39.1 Å². The number of anilines is 9. The van der Waals surface area contributed by atoms with Crippen LogP contribution in [-0.2, 0) is 32.5 Å². The van der Waals surface area contributed by atoms with E-state index in [1.165, 1.54) is 0 Å². The summed E-state index contributed by atoms with van der Waals surface area (Å²) in [6, 6.07) is 29.4. The number of pyridine rings is 7. The summed E-state index contributed by atoms with van der Waals surface area (Å²) in [6.45, 7) is 39.6. The molecule has 0 spiro atoms. The van der Waals surface area contributed by atoms with Gasteiger partial charge in [0.2, 0.25) is 0 Å². The topological polar surface area (TPSA) is 100.0 Å². The molecule has 0 aliphatic carbocycles.